The molecule has 5 rings (SSSR count). The van der Waals surface area contributed by atoms with Gasteiger partial charge in [-0.2, -0.15) is 0 Å². The van der Waals surface area contributed by atoms with Crippen molar-refractivity contribution >= 4 is 50.5 Å². The van der Waals surface area contributed by atoms with Gasteiger partial charge >= 0.3 is 0 Å². The minimum absolute atomic E-state index is 0.0645. The van der Waals surface area contributed by atoms with Crippen LogP contribution in [0, 0.1) is 0 Å². The maximum Gasteiger partial charge on any atom is 0.258 e. The number of benzene rings is 2. The van der Waals surface area contributed by atoms with E-state index < -0.39 is 0 Å². The van der Waals surface area contributed by atoms with E-state index in [0.717, 1.165) is 40.7 Å². The molecule has 4 nitrogen and oxygen atoms in total. The molecule has 2 aliphatic heterocycles. The van der Waals surface area contributed by atoms with Gasteiger partial charge in [-0.25, -0.2) is 0 Å². The highest BCUT2D eigenvalue weighted by Gasteiger charge is 2.33. The molecule has 1 N–H and O–H groups in total. The maximum absolute atomic E-state index is 13.2. The van der Waals surface area contributed by atoms with Crippen LogP contribution in [0.5, 0.6) is 5.75 Å². The third-order valence-corrected chi connectivity index (χ3v) is 7.02. The molecule has 1 amide bonds. The Bertz CT molecular complexity index is 1080. The predicted octanol–water partition coefficient (Wildman–Crippen LogP) is 5.07. The summed E-state index contributed by atoms with van der Waals surface area (Å²) < 4.78 is 7.19. The molecule has 0 saturated carbocycles. The van der Waals surface area contributed by atoms with Gasteiger partial charge in [0.1, 0.15) is 0 Å². The fraction of sp³-hybridized carbons (Fsp3) is 0.286. The van der Waals surface area contributed by atoms with E-state index in [1.807, 2.05) is 22.4 Å². The highest BCUT2D eigenvalue weighted by molar-refractivity contribution is 7.17. The van der Waals surface area contributed by atoms with Crippen molar-refractivity contribution in [3.63, 3.8) is 0 Å². The number of carbonyl (C=O) groups is 1. The molecule has 144 valence electrons. The van der Waals surface area contributed by atoms with Crippen molar-refractivity contribution in [2.24, 2.45) is 0 Å². The van der Waals surface area contributed by atoms with Crippen LogP contribution in [0.2, 0.25) is 10.0 Å². The number of fused-ring (bicyclic) bond motifs is 3. The first-order chi connectivity index (χ1) is 13.6. The Morgan fingerprint density at radius 3 is 3.00 bits per heavy atom. The van der Waals surface area contributed by atoms with Crippen LogP contribution in [-0.4, -0.2) is 43.1 Å². The molecule has 1 fully saturated rings. The lowest BCUT2D eigenvalue weighted by Crippen LogP contribution is -2.54. The Morgan fingerprint density at radius 1 is 1.21 bits per heavy atom. The Hall–Kier alpha value is -1.79. The van der Waals surface area contributed by atoms with Gasteiger partial charge in [0, 0.05) is 47.7 Å². The van der Waals surface area contributed by atoms with Crippen LogP contribution in [0.3, 0.4) is 0 Å². The molecule has 1 atom stereocenters. The summed E-state index contributed by atoms with van der Waals surface area (Å²) in [5.74, 6) is 0.376. The summed E-state index contributed by atoms with van der Waals surface area (Å²) in [4.78, 5) is 15.2. The van der Waals surface area contributed by atoms with Gasteiger partial charge in [-0.1, -0.05) is 35.3 Å². The van der Waals surface area contributed by atoms with Gasteiger partial charge in [0.2, 0.25) is 0 Å². The topological polar surface area (TPSA) is 41.6 Å². The van der Waals surface area contributed by atoms with Crippen molar-refractivity contribution in [3.05, 3.63) is 51.3 Å². The van der Waals surface area contributed by atoms with E-state index in [2.05, 4.69) is 17.4 Å². The fourth-order valence-corrected chi connectivity index (χ4v) is 5.62. The molecule has 3 aromatic rings. The molecule has 1 aromatic heterocycles. The number of nitrogens with zero attached hydrogens (tertiary/aromatic N) is 1. The molecule has 0 bridgehead atoms. The van der Waals surface area contributed by atoms with Crippen LogP contribution in [0.4, 0.5) is 0 Å². The van der Waals surface area contributed by atoms with E-state index in [1.165, 1.54) is 0 Å². The molecule has 0 spiro atoms. The average Bonchev–Trinajstić information content (AvgIpc) is 3.18. The molecule has 1 saturated heterocycles. The van der Waals surface area contributed by atoms with E-state index in [-0.39, 0.29) is 11.9 Å². The third-order valence-electron chi connectivity index (χ3n) is 5.48. The number of hydrogen-bond donors (Lipinski definition) is 1. The molecular weight excluding hydrogens is 415 g/mol. The van der Waals surface area contributed by atoms with Crippen molar-refractivity contribution < 1.29 is 9.53 Å². The van der Waals surface area contributed by atoms with Gasteiger partial charge in [0.05, 0.1) is 22.2 Å². The van der Waals surface area contributed by atoms with Gasteiger partial charge in [-0.3, -0.25) is 4.79 Å². The van der Waals surface area contributed by atoms with Crippen molar-refractivity contribution in [1.82, 2.24) is 10.2 Å². The molecule has 2 aromatic carbocycles. The zero-order valence-corrected chi connectivity index (χ0v) is 17.3. The van der Waals surface area contributed by atoms with Crippen LogP contribution in [0.1, 0.15) is 16.8 Å². The minimum Gasteiger partial charge on any atom is -0.491 e. The summed E-state index contributed by atoms with van der Waals surface area (Å²) >= 11 is 15.2. The molecular formula is C21H18Cl2N2O2S. The highest BCUT2D eigenvalue weighted by atomic mass is 35.5. The summed E-state index contributed by atoms with van der Waals surface area (Å²) in [5.41, 5.74) is 2.12. The first kappa shape index (κ1) is 18.3. The molecule has 0 unspecified atom stereocenters. The number of amides is 1. The highest BCUT2D eigenvalue weighted by Crippen LogP contribution is 2.46. The van der Waals surface area contributed by atoms with Gasteiger partial charge in [0.25, 0.3) is 5.91 Å². The molecule has 7 heteroatoms. The summed E-state index contributed by atoms with van der Waals surface area (Å²) in [6.07, 6.45) is 0.770. The number of rotatable bonds is 1. The molecule has 28 heavy (non-hydrogen) atoms. The van der Waals surface area contributed by atoms with E-state index >= 15 is 0 Å². The fourth-order valence-electron chi connectivity index (χ4n) is 4.10. The smallest absolute Gasteiger partial charge is 0.258 e. The quantitative estimate of drug-likeness (QED) is 0.583. The molecule has 3 heterocycles. The predicted molar refractivity (Wildman–Crippen MR) is 115 cm³/mol. The number of ether oxygens (including phenoxy) is 1. The van der Waals surface area contributed by atoms with Crippen molar-refractivity contribution in [2.75, 3.05) is 26.2 Å². The largest absolute Gasteiger partial charge is 0.491 e. The van der Waals surface area contributed by atoms with E-state index in [0.29, 0.717) is 34.5 Å². The standard InChI is InChI=1S/C21H18Cl2N2O2S/c22-16-10-15-20(27-8-4-12-11-24-6-7-25(12)21(15)26)19(23)18(16)14-2-1-3-17-13(14)5-9-28-17/h1-3,5,9-10,12,24H,4,6-8,11H2/t12-/m0/s1. The molecule has 2 aliphatic rings. The Labute approximate surface area is 177 Å². The summed E-state index contributed by atoms with van der Waals surface area (Å²) in [6, 6.07) is 9.99. The van der Waals surface area contributed by atoms with Crippen molar-refractivity contribution in [2.45, 2.75) is 12.5 Å². The number of halogens is 2. The number of hydrogen-bond acceptors (Lipinski definition) is 4. The lowest BCUT2D eigenvalue weighted by molar-refractivity contribution is 0.0576. The molecule has 0 radical (unpaired) electrons. The van der Waals surface area contributed by atoms with Crippen LogP contribution in [0.15, 0.2) is 35.7 Å². The normalized spacial score (nSPS) is 19.6. The zero-order chi connectivity index (χ0) is 19.3. The Balaban J connectivity index is 1.68. The number of thiophene rings is 1. The Kier molecular flexibility index (Phi) is 4.71. The van der Waals surface area contributed by atoms with Crippen LogP contribution in [-0.2, 0) is 0 Å². The second-order valence-corrected chi connectivity index (χ2v) is 8.79. The van der Waals surface area contributed by atoms with Crippen LogP contribution >= 0.6 is 34.5 Å². The van der Waals surface area contributed by atoms with E-state index in [1.54, 1.807) is 17.4 Å². The van der Waals surface area contributed by atoms with Gasteiger partial charge in [0.15, 0.2) is 5.75 Å². The van der Waals surface area contributed by atoms with Gasteiger partial charge < -0.3 is 15.0 Å². The summed E-state index contributed by atoms with van der Waals surface area (Å²) in [6.45, 7) is 2.75. The second-order valence-electron chi connectivity index (χ2n) is 7.06. The average molecular weight is 433 g/mol. The van der Waals surface area contributed by atoms with Crippen LogP contribution in [0.25, 0.3) is 21.2 Å². The first-order valence-electron chi connectivity index (χ1n) is 9.28. The first-order valence-corrected chi connectivity index (χ1v) is 10.9. The second kappa shape index (κ2) is 7.23. The minimum atomic E-state index is -0.0645. The summed E-state index contributed by atoms with van der Waals surface area (Å²) in [5, 5.41) is 7.36. The third kappa shape index (κ3) is 2.89. The monoisotopic (exact) mass is 432 g/mol. The zero-order valence-electron chi connectivity index (χ0n) is 15.0. The van der Waals surface area contributed by atoms with Gasteiger partial charge in [-0.15, -0.1) is 11.3 Å². The molecule has 0 aliphatic carbocycles. The summed E-state index contributed by atoms with van der Waals surface area (Å²) in [7, 11) is 0. The lowest BCUT2D eigenvalue weighted by Gasteiger charge is -2.38. The maximum atomic E-state index is 13.2. The Morgan fingerprint density at radius 2 is 2.11 bits per heavy atom. The van der Waals surface area contributed by atoms with Crippen molar-refractivity contribution in [3.8, 4) is 16.9 Å². The number of carbonyl (C=O) groups excluding carboxylic acids is 1. The number of nitrogens with one attached hydrogen (secondary N) is 1. The van der Waals surface area contributed by atoms with Crippen LogP contribution < -0.4 is 10.1 Å². The van der Waals surface area contributed by atoms with E-state index in [4.69, 9.17) is 27.9 Å². The van der Waals surface area contributed by atoms with Crippen molar-refractivity contribution in [1.29, 1.82) is 0 Å². The number of piperazine rings is 1. The van der Waals surface area contributed by atoms with Gasteiger partial charge in [-0.05, 0) is 29.1 Å². The lowest BCUT2D eigenvalue weighted by atomic mass is 9.98. The van der Waals surface area contributed by atoms with E-state index in [9.17, 15) is 4.79 Å². The SMILES string of the molecule is O=C1c2cc(Cl)c(-c3cccc4sccc34)c(Cl)c2OCC[C@H]2CNCCN12.